The van der Waals surface area contributed by atoms with E-state index < -0.39 is 5.97 Å². The van der Waals surface area contributed by atoms with Crippen LogP contribution in [0.1, 0.15) is 31.2 Å². The van der Waals surface area contributed by atoms with Crippen LogP contribution < -0.4 is 4.90 Å². The smallest absolute Gasteiger partial charge is 0.303 e. The summed E-state index contributed by atoms with van der Waals surface area (Å²) in [4.78, 5) is 23.3. The molecule has 21 heavy (non-hydrogen) atoms. The third-order valence-corrected chi connectivity index (χ3v) is 4.02. The fraction of sp³-hybridized carbons (Fsp3) is 0.533. The maximum absolute atomic E-state index is 10.8. The summed E-state index contributed by atoms with van der Waals surface area (Å²) in [7, 11) is 0. The number of aliphatic carboxylic acids is 1. The van der Waals surface area contributed by atoms with Gasteiger partial charge in [0, 0.05) is 37.3 Å². The maximum Gasteiger partial charge on any atom is 0.303 e. The molecule has 6 nitrogen and oxygen atoms in total. The van der Waals surface area contributed by atoms with E-state index >= 15 is 0 Å². The molecule has 1 aromatic carbocycles. The van der Waals surface area contributed by atoms with Crippen molar-refractivity contribution in [2.24, 2.45) is 5.92 Å². The zero-order valence-electron chi connectivity index (χ0n) is 12.1. The second-order valence-corrected chi connectivity index (χ2v) is 5.61. The van der Waals surface area contributed by atoms with Gasteiger partial charge in [0.15, 0.2) is 0 Å². The van der Waals surface area contributed by atoms with Crippen molar-refractivity contribution in [2.75, 3.05) is 18.0 Å². The van der Waals surface area contributed by atoms with Crippen molar-refractivity contribution in [3.63, 3.8) is 0 Å². The average molecular weight is 292 g/mol. The van der Waals surface area contributed by atoms with E-state index in [9.17, 15) is 14.9 Å². The summed E-state index contributed by atoms with van der Waals surface area (Å²) in [5.41, 5.74) is 2.01. The number of nitro groups is 1. The number of piperidine rings is 1. The number of nitrogens with zero attached hydrogens (tertiary/aromatic N) is 2. The molecule has 1 aliphatic heterocycles. The molecule has 1 N–H and O–H groups in total. The average Bonchev–Trinajstić information content (AvgIpc) is 2.45. The van der Waals surface area contributed by atoms with Crippen LogP contribution in [0, 0.1) is 23.0 Å². The van der Waals surface area contributed by atoms with Crippen LogP contribution in [0.15, 0.2) is 18.2 Å². The van der Waals surface area contributed by atoms with Crippen LogP contribution in [0.4, 0.5) is 11.4 Å². The van der Waals surface area contributed by atoms with E-state index in [1.54, 1.807) is 12.1 Å². The summed E-state index contributed by atoms with van der Waals surface area (Å²) in [5.74, 6) is -0.372. The molecule has 0 amide bonds. The van der Waals surface area contributed by atoms with Crippen molar-refractivity contribution in [2.45, 2.75) is 32.6 Å². The highest BCUT2D eigenvalue weighted by molar-refractivity contribution is 5.66. The quantitative estimate of drug-likeness (QED) is 0.666. The van der Waals surface area contributed by atoms with Crippen LogP contribution in [0.5, 0.6) is 0 Å². The van der Waals surface area contributed by atoms with Gasteiger partial charge in [-0.1, -0.05) is 0 Å². The summed E-state index contributed by atoms with van der Waals surface area (Å²) in [6.45, 7) is 3.62. The first-order chi connectivity index (χ1) is 9.97. The van der Waals surface area contributed by atoms with Gasteiger partial charge in [-0.15, -0.1) is 0 Å². The Morgan fingerprint density at radius 1 is 1.52 bits per heavy atom. The highest BCUT2D eigenvalue weighted by Crippen LogP contribution is 2.30. The summed E-state index contributed by atoms with van der Waals surface area (Å²) in [6.07, 6.45) is 2.98. The summed E-state index contributed by atoms with van der Waals surface area (Å²) >= 11 is 0. The lowest BCUT2D eigenvalue weighted by molar-refractivity contribution is -0.384. The van der Waals surface area contributed by atoms with Crippen LogP contribution in [0.2, 0.25) is 0 Å². The molecule has 1 fully saturated rings. The number of aryl methyl sites for hydroxylation is 1. The normalized spacial score (nSPS) is 18.5. The first kappa shape index (κ1) is 15.3. The second-order valence-electron chi connectivity index (χ2n) is 5.61. The molecule has 114 valence electrons. The predicted molar refractivity (Wildman–Crippen MR) is 79.6 cm³/mol. The van der Waals surface area contributed by atoms with Gasteiger partial charge in [0.05, 0.1) is 4.92 Å². The summed E-state index contributed by atoms with van der Waals surface area (Å²) in [5, 5.41) is 19.6. The van der Waals surface area contributed by atoms with Crippen molar-refractivity contribution in [1.29, 1.82) is 0 Å². The molecule has 1 aliphatic rings. The molecule has 0 saturated carbocycles. The lowest BCUT2D eigenvalue weighted by Gasteiger charge is -2.35. The number of carboxylic acids is 1. The minimum atomic E-state index is -0.751. The molecule has 1 unspecified atom stereocenters. The predicted octanol–water partition coefficient (Wildman–Crippen LogP) is 2.98. The minimum Gasteiger partial charge on any atom is -0.481 e. The molecular formula is C15H20N2O4. The topological polar surface area (TPSA) is 83.7 Å². The fourth-order valence-electron chi connectivity index (χ4n) is 2.96. The van der Waals surface area contributed by atoms with E-state index in [0.29, 0.717) is 12.3 Å². The van der Waals surface area contributed by atoms with Crippen LogP contribution in [-0.4, -0.2) is 29.1 Å². The molecule has 1 aromatic rings. The van der Waals surface area contributed by atoms with E-state index in [1.807, 2.05) is 6.92 Å². The van der Waals surface area contributed by atoms with Gasteiger partial charge < -0.3 is 10.0 Å². The number of anilines is 1. The van der Waals surface area contributed by atoms with E-state index in [-0.39, 0.29) is 17.0 Å². The zero-order valence-corrected chi connectivity index (χ0v) is 12.1. The van der Waals surface area contributed by atoms with Gasteiger partial charge in [-0.25, -0.2) is 0 Å². The molecule has 6 heteroatoms. The number of hydrogen-bond donors (Lipinski definition) is 1. The molecule has 0 spiro atoms. The van der Waals surface area contributed by atoms with Gasteiger partial charge >= 0.3 is 5.97 Å². The number of rotatable bonds is 5. The molecule has 1 saturated heterocycles. The summed E-state index contributed by atoms with van der Waals surface area (Å²) in [6, 6.07) is 4.92. The number of carboxylic acid groups (broad SMARTS) is 1. The van der Waals surface area contributed by atoms with Crippen LogP contribution in [0.25, 0.3) is 0 Å². The number of hydrogen-bond acceptors (Lipinski definition) is 4. The number of non-ortho nitro benzene ring substituents is 1. The second kappa shape index (κ2) is 6.56. The Morgan fingerprint density at radius 3 is 2.90 bits per heavy atom. The highest BCUT2D eigenvalue weighted by Gasteiger charge is 2.22. The van der Waals surface area contributed by atoms with Gasteiger partial charge in [-0.3, -0.25) is 14.9 Å². The maximum atomic E-state index is 10.8. The lowest BCUT2D eigenvalue weighted by atomic mass is 9.92. The van der Waals surface area contributed by atoms with Gasteiger partial charge in [0.25, 0.3) is 5.69 Å². The van der Waals surface area contributed by atoms with E-state index in [0.717, 1.165) is 37.2 Å². The fourth-order valence-corrected chi connectivity index (χ4v) is 2.96. The van der Waals surface area contributed by atoms with Crippen molar-refractivity contribution in [3.05, 3.63) is 33.9 Å². The van der Waals surface area contributed by atoms with Gasteiger partial charge in [0.1, 0.15) is 0 Å². The monoisotopic (exact) mass is 292 g/mol. The van der Waals surface area contributed by atoms with Crippen molar-refractivity contribution < 1.29 is 14.8 Å². The number of benzene rings is 1. The first-order valence-electron chi connectivity index (χ1n) is 7.19. The Hall–Kier alpha value is -2.11. The first-order valence-corrected chi connectivity index (χ1v) is 7.19. The van der Waals surface area contributed by atoms with Gasteiger partial charge in [0.2, 0.25) is 0 Å². The molecule has 0 aromatic heterocycles. The number of carbonyl (C=O) groups is 1. The Labute approximate surface area is 123 Å². The minimum absolute atomic E-state index is 0.107. The van der Waals surface area contributed by atoms with Crippen LogP contribution >= 0.6 is 0 Å². The van der Waals surface area contributed by atoms with E-state index in [2.05, 4.69) is 4.90 Å². The SMILES string of the molecule is Cc1cc([N+](=O)[O-])ccc1N1CCCC(CCC(=O)O)C1. The third kappa shape index (κ3) is 3.93. The largest absolute Gasteiger partial charge is 0.481 e. The van der Waals surface area contributed by atoms with E-state index in [4.69, 9.17) is 5.11 Å². The molecule has 1 heterocycles. The third-order valence-electron chi connectivity index (χ3n) is 4.02. The van der Waals surface area contributed by atoms with E-state index in [1.165, 1.54) is 6.07 Å². The lowest BCUT2D eigenvalue weighted by Crippen LogP contribution is -2.36. The Bertz CT molecular complexity index is 544. The molecule has 1 atom stereocenters. The van der Waals surface area contributed by atoms with Crippen LogP contribution in [-0.2, 0) is 4.79 Å². The van der Waals surface area contributed by atoms with Gasteiger partial charge in [-0.2, -0.15) is 0 Å². The molecule has 0 bridgehead atoms. The Morgan fingerprint density at radius 2 is 2.29 bits per heavy atom. The summed E-state index contributed by atoms with van der Waals surface area (Å²) < 4.78 is 0. The molecular weight excluding hydrogens is 272 g/mol. The zero-order chi connectivity index (χ0) is 15.4. The Balaban J connectivity index is 2.07. The molecule has 2 rings (SSSR count). The van der Waals surface area contributed by atoms with Gasteiger partial charge in [-0.05, 0) is 43.7 Å². The molecule has 0 aliphatic carbocycles. The Kier molecular flexibility index (Phi) is 4.77. The van der Waals surface area contributed by atoms with Crippen molar-refractivity contribution >= 4 is 17.3 Å². The molecule has 0 radical (unpaired) electrons. The highest BCUT2D eigenvalue weighted by atomic mass is 16.6. The van der Waals surface area contributed by atoms with Crippen molar-refractivity contribution in [3.8, 4) is 0 Å². The standard InChI is InChI=1S/C15H20N2O4/c1-11-9-13(17(20)21)5-6-14(11)16-8-2-3-12(10-16)4-7-15(18)19/h5-6,9,12H,2-4,7-8,10H2,1H3,(H,18,19). The van der Waals surface area contributed by atoms with Crippen molar-refractivity contribution in [1.82, 2.24) is 0 Å². The number of nitro benzene ring substituents is 1. The van der Waals surface area contributed by atoms with Crippen LogP contribution in [0.3, 0.4) is 0 Å².